The smallest absolute Gasteiger partial charge is 0.0791 e. The van der Waals surface area contributed by atoms with Crippen LogP contribution >= 0.6 is 0 Å². The predicted molar refractivity (Wildman–Crippen MR) is 91.1 cm³/mol. The van der Waals surface area contributed by atoms with E-state index >= 15 is 0 Å². The topological polar surface area (TPSA) is 20.2 Å². The first-order valence-electron chi connectivity index (χ1n) is 8.54. The van der Waals surface area contributed by atoms with Gasteiger partial charge in [-0.05, 0) is 18.9 Å². The zero-order chi connectivity index (χ0) is 14.7. The van der Waals surface area contributed by atoms with Gasteiger partial charge < -0.3 is 5.11 Å². The number of aliphatic hydroxyl groups is 1. The van der Waals surface area contributed by atoms with E-state index in [1.165, 1.54) is 77.0 Å². The number of unbranched alkanes of at least 4 members (excludes halogenated alkanes) is 11. The van der Waals surface area contributed by atoms with E-state index < -0.39 is 0 Å². The van der Waals surface area contributed by atoms with Gasteiger partial charge in [0.05, 0.1) is 6.26 Å². The Kier molecular flexibility index (Phi) is 17.1. The number of aliphatic hydroxyl groups excluding tert-OH is 1. The summed E-state index contributed by atoms with van der Waals surface area (Å²) in [5.41, 5.74) is 0. The molecule has 0 saturated carbocycles. The van der Waals surface area contributed by atoms with Gasteiger partial charge in [-0.1, -0.05) is 95.4 Å². The van der Waals surface area contributed by atoms with Crippen molar-refractivity contribution >= 4 is 0 Å². The quantitative estimate of drug-likeness (QED) is 0.209. The molecule has 1 N–H and O–H groups in total. The van der Waals surface area contributed by atoms with Gasteiger partial charge in [-0.2, -0.15) is 0 Å². The fourth-order valence-electron chi connectivity index (χ4n) is 2.28. The Balaban J connectivity index is 3.09. The van der Waals surface area contributed by atoms with Crippen molar-refractivity contribution in [1.29, 1.82) is 0 Å². The lowest BCUT2D eigenvalue weighted by atomic mass is 10.1. The fraction of sp³-hybridized carbons (Fsp3) is 0.684. The molecule has 0 amide bonds. The van der Waals surface area contributed by atoms with Crippen molar-refractivity contribution in [3.8, 4) is 0 Å². The summed E-state index contributed by atoms with van der Waals surface area (Å²) >= 11 is 0. The molecule has 0 aliphatic heterocycles. The molecule has 116 valence electrons. The van der Waals surface area contributed by atoms with Gasteiger partial charge in [0.25, 0.3) is 0 Å². The lowest BCUT2D eigenvalue weighted by Gasteiger charge is -2.01. The monoisotopic (exact) mass is 278 g/mol. The second-order valence-electron chi connectivity index (χ2n) is 5.48. The molecular weight excluding hydrogens is 244 g/mol. The normalized spacial score (nSPS) is 12.2. The van der Waals surface area contributed by atoms with Crippen molar-refractivity contribution in [1.82, 2.24) is 0 Å². The van der Waals surface area contributed by atoms with Gasteiger partial charge in [0, 0.05) is 0 Å². The van der Waals surface area contributed by atoms with Gasteiger partial charge in [-0.15, -0.1) is 0 Å². The molecule has 0 aromatic heterocycles. The summed E-state index contributed by atoms with van der Waals surface area (Å²) in [6, 6.07) is 0. The standard InChI is InChI=1S/C19H34O/c1-2-3-4-5-6-7-8-9-10-11-12-13-14-15-16-17-18-19-20/h14-20H,2-13H2,1H3. The Bertz CT molecular complexity index is 250. The van der Waals surface area contributed by atoms with Crippen LogP contribution in [0.5, 0.6) is 0 Å². The maximum Gasteiger partial charge on any atom is 0.0791 e. The molecule has 0 aromatic carbocycles. The highest BCUT2D eigenvalue weighted by Gasteiger charge is 1.92. The third kappa shape index (κ3) is 17.0. The number of hydrogen-bond acceptors (Lipinski definition) is 1. The van der Waals surface area contributed by atoms with Gasteiger partial charge >= 0.3 is 0 Å². The van der Waals surface area contributed by atoms with Gasteiger partial charge in [-0.3, -0.25) is 0 Å². The summed E-state index contributed by atoms with van der Waals surface area (Å²) in [4.78, 5) is 0. The zero-order valence-corrected chi connectivity index (χ0v) is 13.4. The highest BCUT2D eigenvalue weighted by atomic mass is 16.2. The largest absolute Gasteiger partial charge is 0.516 e. The molecule has 1 heteroatoms. The van der Waals surface area contributed by atoms with Crippen LogP contribution in [0.2, 0.25) is 0 Å². The number of rotatable bonds is 14. The van der Waals surface area contributed by atoms with E-state index in [0.717, 1.165) is 6.26 Å². The summed E-state index contributed by atoms with van der Waals surface area (Å²) in [7, 11) is 0. The number of hydrogen-bond donors (Lipinski definition) is 1. The molecule has 0 aromatic rings. The second-order valence-corrected chi connectivity index (χ2v) is 5.48. The lowest BCUT2D eigenvalue weighted by Crippen LogP contribution is -1.81. The van der Waals surface area contributed by atoms with Crippen molar-refractivity contribution in [2.24, 2.45) is 0 Å². The molecule has 0 atom stereocenters. The Morgan fingerprint density at radius 2 is 1.10 bits per heavy atom. The van der Waals surface area contributed by atoms with E-state index in [-0.39, 0.29) is 0 Å². The van der Waals surface area contributed by atoms with Crippen molar-refractivity contribution in [2.45, 2.75) is 84.0 Å². The third-order valence-corrected chi connectivity index (χ3v) is 3.53. The number of allylic oxidation sites excluding steroid dienone is 5. The van der Waals surface area contributed by atoms with Crippen molar-refractivity contribution < 1.29 is 5.11 Å². The molecule has 0 fully saturated rings. The van der Waals surface area contributed by atoms with Crippen LogP contribution in [-0.2, 0) is 0 Å². The minimum absolute atomic E-state index is 1.05. The first kappa shape index (κ1) is 19.0. The maximum absolute atomic E-state index is 8.43. The van der Waals surface area contributed by atoms with Crippen LogP contribution in [0.3, 0.4) is 0 Å². The zero-order valence-electron chi connectivity index (χ0n) is 13.4. The SMILES string of the molecule is CCCCCCCCCCCCCC=CC=CC=CO. The minimum atomic E-state index is 1.05. The minimum Gasteiger partial charge on any atom is -0.516 e. The predicted octanol–water partition coefficient (Wildman–Crippen LogP) is 6.87. The van der Waals surface area contributed by atoms with Crippen LogP contribution in [0.15, 0.2) is 36.6 Å². The summed E-state index contributed by atoms with van der Waals surface area (Å²) < 4.78 is 0. The average Bonchev–Trinajstić information content (AvgIpc) is 2.47. The maximum atomic E-state index is 8.43. The van der Waals surface area contributed by atoms with Crippen molar-refractivity contribution in [3.05, 3.63) is 36.6 Å². The van der Waals surface area contributed by atoms with Gasteiger partial charge in [0.15, 0.2) is 0 Å². The summed E-state index contributed by atoms with van der Waals surface area (Å²) in [6.45, 7) is 2.28. The molecule has 0 saturated heterocycles. The molecule has 0 aliphatic carbocycles. The summed E-state index contributed by atoms with van der Waals surface area (Å²) in [5.74, 6) is 0. The molecule has 0 rings (SSSR count). The Morgan fingerprint density at radius 1 is 0.600 bits per heavy atom. The Hall–Kier alpha value is -0.980. The van der Waals surface area contributed by atoms with Crippen LogP contribution in [0.4, 0.5) is 0 Å². The summed E-state index contributed by atoms with van der Waals surface area (Å²) in [6.07, 6.45) is 27.3. The fourth-order valence-corrected chi connectivity index (χ4v) is 2.28. The molecule has 0 bridgehead atoms. The van der Waals surface area contributed by atoms with Gasteiger partial charge in [-0.25, -0.2) is 0 Å². The molecule has 1 nitrogen and oxygen atoms in total. The van der Waals surface area contributed by atoms with Crippen LogP contribution in [0.25, 0.3) is 0 Å². The first-order valence-corrected chi connectivity index (χ1v) is 8.54. The first-order chi connectivity index (χ1) is 9.91. The average molecular weight is 278 g/mol. The van der Waals surface area contributed by atoms with Crippen molar-refractivity contribution in [3.63, 3.8) is 0 Å². The van der Waals surface area contributed by atoms with E-state index in [4.69, 9.17) is 5.11 Å². The molecule has 0 heterocycles. The second kappa shape index (κ2) is 18.0. The van der Waals surface area contributed by atoms with Gasteiger partial charge in [0.2, 0.25) is 0 Å². The van der Waals surface area contributed by atoms with E-state index in [1.54, 1.807) is 6.08 Å². The third-order valence-electron chi connectivity index (χ3n) is 3.53. The van der Waals surface area contributed by atoms with Crippen molar-refractivity contribution in [2.75, 3.05) is 0 Å². The molecule has 0 spiro atoms. The van der Waals surface area contributed by atoms with E-state index in [2.05, 4.69) is 19.1 Å². The van der Waals surface area contributed by atoms with Crippen LogP contribution in [0.1, 0.15) is 84.0 Å². The molecule has 20 heavy (non-hydrogen) atoms. The Labute approximate surface area is 126 Å². The van der Waals surface area contributed by atoms with Crippen LogP contribution < -0.4 is 0 Å². The van der Waals surface area contributed by atoms with Crippen LogP contribution in [0, 0.1) is 0 Å². The lowest BCUT2D eigenvalue weighted by molar-refractivity contribution is 0.474. The highest BCUT2D eigenvalue weighted by molar-refractivity contribution is 5.09. The molecular formula is C19H34O. The highest BCUT2D eigenvalue weighted by Crippen LogP contribution is 2.11. The Morgan fingerprint density at radius 3 is 1.65 bits per heavy atom. The van der Waals surface area contributed by atoms with E-state index in [9.17, 15) is 0 Å². The van der Waals surface area contributed by atoms with E-state index in [0.29, 0.717) is 0 Å². The molecule has 0 unspecified atom stereocenters. The van der Waals surface area contributed by atoms with Crippen LogP contribution in [-0.4, -0.2) is 5.11 Å². The summed E-state index contributed by atoms with van der Waals surface area (Å²) in [5, 5.41) is 8.43. The van der Waals surface area contributed by atoms with E-state index in [1.807, 2.05) is 12.2 Å². The molecule has 0 aliphatic rings. The van der Waals surface area contributed by atoms with Gasteiger partial charge in [0.1, 0.15) is 0 Å². The molecule has 0 radical (unpaired) electrons.